The molecule has 2 rings (SSSR count). The topological polar surface area (TPSA) is 116 Å². The van der Waals surface area contributed by atoms with Crippen molar-refractivity contribution < 1.29 is 13.2 Å². The largest absolute Gasteiger partial charge is 0.370 e. The van der Waals surface area contributed by atoms with Crippen LogP contribution in [-0.2, 0) is 9.84 Å². The number of nitrogens with two attached hydrogens (primary N) is 2. The number of hydrogen-bond donors (Lipinski definition) is 2. The molecule has 0 spiro atoms. The van der Waals surface area contributed by atoms with E-state index in [4.69, 9.17) is 11.5 Å². The van der Waals surface area contributed by atoms with Gasteiger partial charge in [0.1, 0.15) is 0 Å². The van der Waals surface area contributed by atoms with Crippen molar-refractivity contribution in [1.29, 1.82) is 0 Å². The summed E-state index contributed by atoms with van der Waals surface area (Å²) in [5.74, 6) is -0.384. The van der Waals surface area contributed by atoms with Crippen LogP contribution in [-0.4, -0.2) is 31.8 Å². The van der Waals surface area contributed by atoms with Crippen molar-refractivity contribution in [3.63, 3.8) is 0 Å². The van der Waals surface area contributed by atoms with Gasteiger partial charge in [0.05, 0.1) is 10.6 Å². The van der Waals surface area contributed by atoms with Crippen LogP contribution in [0.15, 0.2) is 26.9 Å². The first kappa shape index (κ1) is 13.9. The average Bonchev–Trinajstić information content (AvgIpc) is 2.26. The Morgan fingerprint density at radius 1 is 1.37 bits per heavy atom. The van der Waals surface area contributed by atoms with Gasteiger partial charge in [-0.05, 0) is 24.6 Å². The molecule has 19 heavy (non-hydrogen) atoms. The molecule has 1 aromatic rings. The van der Waals surface area contributed by atoms with Crippen molar-refractivity contribution in [3.05, 3.63) is 23.3 Å². The Morgan fingerprint density at radius 2 is 2.05 bits per heavy atom. The molecule has 1 aliphatic heterocycles. The molecule has 0 fully saturated rings. The van der Waals surface area contributed by atoms with E-state index < -0.39 is 15.7 Å². The van der Waals surface area contributed by atoms with Crippen LogP contribution in [0.5, 0.6) is 0 Å². The van der Waals surface area contributed by atoms with Crippen LogP contribution in [0.1, 0.15) is 15.9 Å². The third-order valence-corrected chi connectivity index (χ3v) is 5.89. The first-order valence-corrected chi connectivity index (χ1v) is 8.09. The summed E-state index contributed by atoms with van der Waals surface area (Å²) >= 11 is 1.46. The number of hydrogen-bond acceptors (Lipinski definition) is 4. The number of guanidine groups is 1. The van der Waals surface area contributed by atoms with Gasteiger partial charge in [0.25, 0.3) is 5.91 Å². The second-order valence-electron chi connectivity index (χ2n) is 4.12. The summed E-state index contributed by atoms with van der Waals surface area (Å²) in [7, 11) is -3.33. The van der Waals surface area contributed by atoms with E-state index in [9.17, 15) is 13.2 Å². The maximum Gasteiger partial charge on any atom is 0.280 e. The minimum atomic E-state index is -3.33. The summed E-state index contributed by atoms with van der Waals surface area (Å²) in [5, 5.41) is 0. The molecular weight excluding hydrogens is 286 g/mol. The zero-order valence-electron chi connectivity index (χ0n) is 10.2. The lowest BCUT2D eigenvalue weighted by Gasteiger charge is -2.17. The second kappa shape index (κ2) is 4.86. The first-order valence-electron chi connectivity index (χ1n) is 5.45. The number of rotatable bonds is 1. The predicted octanol–water partition coefficient (Wildman–Crippen LogP) is 0.288. The highest BCUT2D eigenvalue weighted by Gasteiger charge is 2.26. The van der Waals surface area contributed by atoms with Gasteiger partial charge in [-0.2, -0.15) is 4.99 Å². The highest BCUT2D eigenvalue weighted by Crippen LogP contribution is 2.34. The number of carbonyl (C=O) groups is 1. The number of carbonyl (C=O) groups excluding carboxylic acids is 1. The van der Waals surface area contributed by atoms with Crippen LogP contribution >= 0.6 is 11.8 Å². The van der Waals surface area contributed by atoms with E-state index in [1.807, 2.05) is 0 Å². The average molecular weight is 299 g/mol. The van der Waals surface area contributed by atoms with Crippen LogP contribution in [0.3, 0.4) is 0 Å². The number of sulfone groups is 1. The highest BCUT2D eigenvalue weighted by atomic mass is 32.2. The molecule has 0 radical (unpaired) electrons. The Hall–Kier alpha value is -1.54. The molecule has 0 aromatic heterocycles. The Balaban J connectivity index is 2.60. The molecule has 1 amide bonds. The van der Waals surface area contributed by atoms with Gasteiger partial charge in [-0.1, -0.05) is 0 Å². The van der Waals surface area contributed by atoms with Crippen LogP contribution in [0.4, 0.5) is 0 Å². The fourth-order valence-corrected chi connectivity index (χ4v) is 5.13. The molecule has 102 valence electrons. The monoisotopic (exact) mass is 299 g/mol. The van der Waals surface area contributed by atoms with Crippen LogP contribution in [0.2, 0.25) is 0 Å². The molecular formula is C11H13N3O3S2. The first-order chi connectivity index (χ1) is 8.81. The standard InChI is InChI=1S/C11H13N3O3S2/c1-6-4-8-9(19(16,17)3-2-18-8)5-7(6)10(15)14-11(12)13/h4-5H,2-3H2,1H3,(H4,12,13,14,15). The van der Waals surface area contributed by atoms with Gasteiger partial charge in [-0.3, -0.25) is 4.79 Å². The minimum Gasteiger partial charge on any atom is -0.370 e. The number of aryl methyl sites for hydroxylation is 1. The van der Waals surface area contributed by atoms with E-state index in [1.54, 1.807) is 13.0 Å². The molecule has 4 N–H and O–H groups in total. The van der Waals surface area contributed by atoms with Crippen molar-refractivity contribution in [2.45, 2.75) is 16.7 Å². The maximum atomic E-state index is 12.0. The molecule has 6 nitrogen and oxygen atoms in total. The summed E-state index contributed by atoms with van der Waals surface area (Å²) in [4.78, 5) is 16.1. The summed E-state index contributed by atoms with van der Waals surface area (Å²) in [6.45, 7) is 1.72. The molecule has 0 saturated carbocycles. The zero-order chi connectivity index (χ0) is 14.2. The molecule has 1 heterocycles. The van der Waals surface area contributed by atoms with Crippen molar-refractivity contribution >= 4 is 33.5 Å². The van der Waals surface area contributed by atoms with Crippen molar-refractivity contribution in [3.8, 4) is 0 Å². The van der Waals surface area contributed by atoms with Gasteiger partial charge in [0.2, 0.25) is 0 Å². The zero-order valence-corrected chi connectivity index (χ0v) is 11.8. The Bertz CT molecular complexity index is 677. The molecule has 0 atom stereocenters. The van der Waals surface area contributed by atoms with Gasteiger partial charge < -0.3 is 11.5 Å². The molecule has 1 aliphatic rings. The number of thioether (sulfide) groups is 1. The number of amides is 1. The fraction of sp³-hybridized carbons (Fsp3) is 0.273. The Morgan fingerprint density at radius 3 is 2.68 bits per heavy atom. The van der Waals surface area contributed by atoms with Crippen molar-refractivity contribution in [2.24, 2.45) is 16.5 Å². The van der Waals surface area contributed by atoms with E-state index in [2.05, 4.69) is 4.99 Å². The van der Waals surface area contributed by atoms with Crippen LogP contribution in [0.25, 0.3) is 0 Å². The predicted molar refractivity (Wildman–Crippen MR) is 74.1 cm³/mol. The summed E-state index contributed by atoms with van der Waals surface area (Å²) in [6.07, 6.45) is 0. The SMILES string of the molecule is Cc1cc2c(cc1C(=O)N=C(N)N)S(=O)(=O)CCS2. The van der Waals surface area contributed by atoms with Crippen LogP contribution < -0.4 is 11.5 Å². The third kappa shape index (κ3) is 2.74. The molecule has 0 bridgehead atoms. The lowest BCUT2D eigenvalue weighted by atomic mass is 10.1. The normalized spacial score (nSPS) is 16.5. The quantitative estimate of drug-likeness (QED) is 0.568. The Labute approximate surface area is 115 Å². The van der Waals surface area contributed by atoms with Gasteiger partial charge in [-0.25, -0.2) is 8.42 Å². The molecule has 0 unspecified atom stereocenters. The van der Waals surface area contributed by atoms with E-state index in [0.717, 1.165) is 0 Å². The summed E-state index contributed by atoms with van der Waals surface area (Å²) < 4.78 is 23.9. The smallest absolute Gasteiger partial charge is 0.280 e. The van der Waals surface area contributed by atoms with Crippen LogP contribution in [0, 0.1) is 6.92 Å². The summed E-state index contributed by atoms with van der Waals surface area (Å²) in [5.41, 5.74) is 11.2. The maximum absolute atomic E-state index is 12.0. The number of aliphatic imine (C=N–C) groups is 1. The van der Waals surface area contributed by atoms with Crippen molar-refractivity contribution in [1.82, 2.24) is 0 Å². The molecule has 1 aromatic carbocycles. The van der Waals surface area contributed by atoms with Crippen molar-refractivity contribution in [2.75, 3.05) is 11.5 Å². The molecule has 8 heteroatoms. The summed E-state index contributed by atoms with van der Waals surface area (Å²) in [6, 6.07) is 3.05. The van der Waals surface area contributed by atoms with Gasteiger partial charge >= 0.3 is 0 Å². The lowest BCUT2D eigenvalue weighted by molar-refractivity contribution is 0.100. The third-order valence-electron chi connectivity index (χ3n) is 2.70. The molecule has 0 saturated heterocycles. The highest BCUT2D eigenvalue weighted by molar-refractivity contribution is 8.02. The Kier molecular flexibility index (Phi) is 3.55. The number of fused-ring (bicyclic) bond motifs is 1. The van der Waals surface area contributed by atoms with Gasteiger partial charge in [-0.15, -0.1) is 11.8 Å². The van der Waals surface area contributed by atoms with E-state index in [0.29, 0.717) is 16.2 Å². The van der Waals surface area contributed by atoms with Gasteiger partial charge in [0.15, 0.2) is 15.8 Å². The number of nitrogens with zero attached hydrogens (tertiary/aromatic N) is 1. The van der Waals surface area contributed by atoms with E-state index >= 15 is 0 Å². The number of benzene rings is 1. The van der Waals surface area contributed by atoms with E-state index in [1.165, 1.54) is 17.8 Å². The van der Waals surface area contributed by atoms with E-state index in [-0.39, 0.29) is 22.2 Å². The molecule has 0 aliphatic carbocycles. The van der Waals surface area contributed by atoms with Gasteiger partial charge in [0, 0.05) is 16.2 Å². The fourth-order valence-electron chi connectivity index (χ4n) is 1.80. The minimum absolute atomic E-state index is 0.0731. The lowest BCUT2D eigenvalue weighted by Crippen LogP contribution is -2.24. The second-order valence-corrected chi connectivity index (χ2v) is 7.34.